The highest BCUT2D eigenvalue weighted by atomic mass is 32.2. The van der Waals surface area contributed by atoms with E-state index in [0.717, 1.165) is 19.3 Å². The molecule has 22 heavy (non-hydrogen) atoms. The maximum Gasteiger partial charge on any atom is 0.232 e. The highest BCUT2D eigenvalue weighted by Gasteiger charge is 2.26. The quantitative estimate of drug-likeness (QED) is 0.628. The lowest BCUT2D eigenvalue weighted by molar-refractivity contribution is 0.560. The Hall–Kier alpha value is -1.38. The summed E-state index contributed by atoms with van der Waals surface area (Å²) in [6.07, 6.45) is 7.95. The molecule has 1 N–H and O–H groups in total. The third-order valence-electron chi connectivity index (χ3n) is 3.61. The molecular weight excluding hydrogens is 296 g/mol. The number of unbranched alkanes of at least 4 members (excludes halogenated alkanes) is 6. The fraction of sp³-hybridized carbons (Fsp3) is 0.588. The average molecular weight is 322 g/mol. The molecule has 1 aromatic rings. The van der Waals surface area contributed by atoms with Crippen molar-refractivity contribution in [2.45, 2.75) is 57.1 Å². The van der Waals surface area contributed by atoms with Crippen LogP contribution in [0.1, 0.15) is 62.7 Å². The van der Waals surface area contributed by atoms with Gasteiger partial charge < -0.3 is 0 Å². The Labute approximate surface area is 134 Å². The molecule has 1 unspecified atom stereocenters. The van der Waals surface area contributed by atoms with Gasteiger partial charge in [0.25, 0.3) is 0 Å². The Morgan fingerprint density at radius 3 is 2.23 bits per heavy atom. The Kier molecular flexibility index (Phi) is 8.79. The van der Waals surface area contributed by atoms with Gasteiger partial charge in [0.05, 0.1) is 6.07 Å². The van der Waals surface area contributed by atoms with E-state index in [-0.39, 0.29) is 0 Å². The maximum atomic E-state index is 12.2. The van der Waals surface area contributed by atoms with E-state index < -0.39 is 15.3 Å². The van der Waals surface area contributed by atoms with E-state index in [1.54, 1.807) is 30.3 Å². The van der Waals surface area contributed by atoms with Crippen LogP contribution in [0.4, 0.5) is 0 Å². The molecule has 0 aliphatic carbocycles. The van der Waals surface area contributed by atoms with Crippen molar-refractivity contribution in [3.63, 3.8) is 0 Å². The van der Waals surface area contributed by atoms with Gasteiger partial charge in [-0.2, -0.15) is 5.26 Å². The van der Waals surface area contributed by atoms with E-state index in [9.17, 15) is 8.42 Å². The number of sulfonamides is 1. The zero-order valence-corrected chi connectivity index (χ0v) is 14.1. The first kappa shape index (κ1) is 18.7. The van der Waals surface area contributed by atoms with Crippen LogP contribution in [0, 0.1) is 11.3 Å². The van der Waals surface area contributed by atoms with Crippen LogP contribution in [0.3, 0.4) is 0 Å². The van der Waals surface area contributed by atoms with Crippen molar-refractivity contribution in [1.29, 1.82) is 5.26 Å². The monoisotopic (exact) mass is 322 g/mol. The lowest BCUT2D eigenvalue weighted by Gasteiger charge is -2.12. The first-order chi connectivity index (χ1) is 10.6. The molecule has 0 fully saturated rings. The minimum Gasteiger partial charge on any atom is -0.214 e. The molecule has 1 atom stereocenters. The molecule has 0 aliphatic rings. The number of nitrogens with one attached hydrogen (secondary N) is 1. The summed E-state index contributed by atoms with van der Waals surface area (Å²) in [7, 11) is -3.64. The van der Waals surface area contributed by atoms with Gasteiger partial charge in [-0.15, -0.1) is 0 Å². The van der Waals surface area contributed by atoms with E-state index in [2.05, 4.69) is 11.6 Å². The number of nitrogens with zero attached hydrogens (tertiary/aromatic N) is 1. The Morgan fingerprint density at radius 1 is 1.05 bits per heavy atom. The van der Waals surface area contributed by atoms with Gasteiger partial charge in [-0.25, -0.2) is 13.1 Å². The SMILES string of the molecule is CCCCCCCCCNS(=O)(=O)C(C#N)c1ccccc1. The molecule has 0 saturated carbocycles. The molecule has 0 amide bonds. The smallest absolute Gasteiger partial charge is 0.214 e. The van der Waals surface area contributed by atoms with Crippen molar-refractivity contribution in [1.82, 2.24) is 4.72 Å². The lowest BCUT2D eigenvalue weighted by atomic mass is 10.1. The van der Waals surface area contributed by atoms with Crippen molar-refractivity contribution < 1.29 is 8.42 Å². The van der Waals surface area contributed by atoms with Gasteiger partial charge in [0.1, 0.15) is 0 Å². The molecule has 122 valence electrons. The van der Waals surface area contributed by atoms with Crippen molar-refractivity contribution in [2.75, 3.05) is 6.54 Å². The summed E-state index contributed by atoms with van der Waals surface area (Å²) in [4.78, 5) is 0. The molecule has 5 heteroatoms. The highest BCUT2D eigenvalue weighted by Crippen LogP contribution is 2.20. The third-order valence-corrected chi connectivity index (χ3v) is 5.22. The molecule has 0 aromatic heterocycles. The van der Waals surface area contributed by atoms with Crippen LogP contribution < -0.4 is 4.72 Å². The highest BCUT2D eigenvalue weighted by molar-refractivity contribution is 7.90. The molecule has 0 heterocycles. The maximum absolute atomic E-state index is 12.2. The van der Waals surface area contributed by atoms with Gasteiger partial charge in [0.15, 0.2) is 5.25 Å². The van der Waals surface area contributed by atoms with Crippen LogP contribution in [0.2, 0.25) is 0 Å². The summed E-state index contributed by atoms with van der Waals surface area (Å²) in [5, 5.41) is 8.03. The van der Waals surface area contributed by atoms with Crippen molar-refractivity contribution >= 4 is 10.0 Å². The number of rotatable bonds is 11. The number of hydrogen-bond donors (Lipinski definition) is 1. The zero-order chi connectivity index (χ0) is 16.3. The van der Waals surface area contributed by atoms with E-state index in [4.69, 9.17) is 5.26 Å². The Balaban J connectivity index is 2.36. The van der Waals surface area contributed by atoms with E-state index in [1.807, 2.05) is 6.07 Å². The molecule has 0 saturated heterocycles. The second kappa shape index (κ2) is 10.4. The van der Waals surface area contributed by atoms with E-state index in [1.165, 1.54) is 25.7 Å². The fourth-order valence-corrected chi connectivity index (χ4v) is 3.58. The summed E-state index contributed by atoms with van der Waals surface area (Å²) in [6, 6.07) is 10.5. The number of hydrogen-bond acceptors (Lipinski definition) is 3. The topological polar surface area (TPSA) is 70.0 Å². The van der Waals surface area contributed by atoms with Gasteiger partial charge in [-0.05, 0) is 12.0 Å². The summed E-state index contributed by atoms with van der Waals surface area (Å²) in [6.45, 7) is 2.59. The summed E-state index contributed by atoms with van der Waals surface area (Å²) in [5.74, 6) is 0. The second-order valence-electron chi connectivity index (χ2n) is 5.48. The summed E-state index contributed by atoms with van der Waals surface area (Å²) in [5.41, 5.74) is 0.511. The minimum atomic E-state index is -3.64. The van der Waals surface area contributed by atoms with E-state index >= 15 is 0 Å². The van der Waals surface area contributed by atoms with Gasteiger partial charge >= 0.3 is 0 Å². The summed E-state index contributed by atoms with van der Waals surface area (Å²) < 4.78 is 27.0. The first-order valence-corrected chi connectivity index (χ1v) is 9.59. The fourth-order valence-electron chi connectivity index (χ4n) is 2.33. The van der Waals surface area contributed by atoms with Crippen molar-refractivity contribution in [3.05, 3.63) is 35.9 Å². The molecule has 1 rings (SSSR count). The molecule has 0 aliphatic heterocycles. The van der Waals surface area contributed by atoms with Crippen LogP contribution in [-0.4, -0.2) is 15.0 Å². The van der Waals surface area contributed by atoms with Crippen LogP contribution in [0.25, 0.3) is 0 Å². The Morgan fingerprint density at radius 2 is 1.64 bits per heavy atom. The number of benzene rings is 1. The van der Waals surface area contributed by atoms with Crippen molar-refractivity contribution in [2.24, 2.45) is 0 Å². The summed E-state index contributed by atoms with van der Waals surface area (Å²) >= 11 is 0. The third kappa shape index (κ3) is 6.59. The average Bonchev–Trinajstić information content (AvgIpc) is 2.51. The second-order valence-corrected chi connectivity index (χ2v) is 7.33. The van der Waals surface area contributed by atoms with Crippen LogP contribution in [-0.2, 0) is 10.0 Å². The number of nitriles is 1. The first-order valence-electron chi connectivity index (χ1n) is 8.05. The molecule has 0 bridgehead atoms. The van der Waals surface area contributed by atoms with E-state index in [0.29, 0.717) is 12.1 Å². The van der Waals surface area contributed by atoms with Gasteiger partial charge in [0, 0.05) is 6.54 Å². The van der Waals surface area contributed by atoms with Crippen molar-refractivity contribution in [3.8, 4) is 6.07 Å². The van der Waals surface area contributed by atoms with Crippen LogP contribution in [0.15, 0.2) is 30.3 Å². The molecular formula is C17H26N2O2S. The van der Waals surface area contributed by atoms with Crippen LogP contribution in [0.5, 0.6) is 0 Å². The molecule has 4 nitrogen and oxygen atoms in total. The Bertz CT molecular complexity index is 550. The minimum absolute atomic E-state index is 0.404. The van der Waals surface area contributed by atoms with Gasteiger partial charge in [-0.1, -0.05) is 75.8 Å². The standard InChI is InChI=1S/C17H26N2O2S/c1-2-3-4-5-6-7-11-14-19-22(20,21)17(15-18)16-12-9-8-10-13-16/h8-10,12-13,17,19H,2-7,11,14H2,1H3. The predicted octanol–water partition coefficient (Wildman–Crippen LogP) is 3.92. The van der Waals surface area contributed by atoms with Gasteiger partial charge in [-0.3, -0.25) is 0 Å². The van der Waals surface area contributed by atoms with Crippen LogP contribution >= 0.6 is 0 Å². The largest absolute Gasteiger partial charge is 0.232 e. The predicted molar refractivity (Wildman–Crippen MR) is 89.7 cm³/mol. The molecule has 0 spiro atoms. The molecule has 0 radical (unpaired) electrons. The lowest BCUT2D eigenvalue weighted by Crippen LogP contribution is -2.29. The zero-order valence-electron chi connectivity index (χ0n) is 13.3. The molecule has 1 aromatic carbocycles. The van der Waals surface area contributed by atoms with Gasteiger partial charge in [0.2, 0.25) is 10.0 Å². The normalized spacial score (nSPS) is 12.7.